The fourth-order valence-corrected chi connectivity index (χ4v) is 2.20. The van der Waals surface area contributed by atoms with Crippen molar-refractivity contribution < 1.29 is 31.9 Å². The van der Waals surface area contributed by atoms with Gasteiger partial charge in [-0.25, -0.2) is 8.78 Å². The van der Waals surface area contributed by atoms with Crippen molar-refractivity contribution in [2.75, 3.05) is 13.1 Å². The van der Waals surface area contributed by atoms with E-state index in [0.717, 1.165) is 6.07 Å². The van der Waals surface area contributed by atoms with E-state index in [1.807, 2.05) is 0 Å². The molecule has 3 amide bonds. The third-order valence-electron chi connectivity index (χ3n) is 3.38. The van der Waals surface area contributed by atoms with E-state index >= 15 is 0 Å². The topological polar surface area (TPSA) is 78.5 Å². The van der Waals surface area contributed by atoms with Gasteiger partial charge in [-0.15, -0.1) is 0 Å². The molecule has 0 atom stereocenters. The van der Waals surface area contributed by atoms with Gasteiger partial charge in [0.15, 0.2) is 0 Å². The lowest BCUT2D eigenvalue weighted by atomic mass is 10.1. The maximum atomic E-state index is 13.9. The largest absolute Gasteiger partial charge is 0.357 e. The number of hydrogen-bond acceptors (Lipinski definition) is 3. The average Bonchev–Trinajstić information content (AvgIpc) is 2.89. The molecule has 1 aromatic rings. The molecule has 0 radical (unpaired) electrons. The highest BCUT2D eigenvalue weighted by Crippen LogP contribution is 2.32. The summed E-state index contributed by atoms with van der Waals surface area (Å²) in [5.74, 6) is -11.0. The summed E-state index contributed by atoms with van der Waals surface area (Å²) in [5, 5.41) is 0. The molecule has 0 unspecified atom stereocenters. The van der Waals surface area contributed by atoms with E-state index in [0.29, 0.717) is 25.1 Å². The second kappa shape index (κ2) is 6.85. The van der Waals surface area contributed by atoms with Crippen molar-refractivity contribution in [3.8, 4) is 0 Å². The zero-order chi connectivity index (χ0) is 17.9. The standard InChI is InChI=1S/C14H13F4N3O3/c15-8-3-1-4-9(16)12(8)14(17,18)13(24)20-19-10(22)7-21-6-2-5-11(21)23/h1,3-4H,2,5-7H2,(H,19,22)(H,20,24). The summed E-state index contributed by atoms with van der Waals surface area (Å²) < 4.78 is 54.5. The molecule has 2 rings (SSSR count). The molecule has 0 spiro atoms. The van der Waals surface area contributed by atoms with Crippen LogP contribution in [0.15, 0.2) is 18.2 Å². The van der Waals surface area contributed by atoms with Crippen LogP contribution in [-0.4, -0.2) is 35.7 Å². The van der Waals surface area contributed by atoms with Crippen molar-refractivity contribution >= 4 is 17.7 Å². The number of nitrogens with one attached hydrogen (secondary N) is 2. The van der Waals surface area contributed by atoms with Crippen LogP contribution >= 0.6 is 0 Å². The summed E-state index contributed by atoms with van der Waals surface area (Å²) in [7, 11) is 0. The van der Waals surface area contributed by atoms with Crippen molar-refractivity contribution in [1.29, 1.82) is 0 Å². The maximum absolute atomic E-state index is 13.9. The van der Waals surface area contributed by atoms with Gasteiger partial charge in [0.25, 0.3) is 5.91 Å². The van der Waals surface area contributed by atoms with E-state index in [9.17, 15) is 31.9 Å². The van der Waals surface area contributed by atoms with Gasteiger partial charge >= 0.3 is 11.8 Å². The highest BCUT2D eigenvalue weighted by molar-refractivity contribution is 5.89. The lowest BCUT2D eigenvalue weighted by Gasteiger charge is -2.19. The number of amides is 3. The van der Waals surface area contributed by atoms with Crippen molar-refractivity contribution in [3.05, 3.63) is 35.4 Å². The lowest BCUT2D eigenvalue weighted by Crippen LogP contribution is -2.51. The summed E-state index contributed by atoms with van der Waals surface area (Å²) in [6, 6.07) is 2.03. The number of halogens is 4. The zero-order valence-corrected chi connectivity index (χ0v) is 12.2. The average molecular weight is 347 g/mol. The number of carbonyl (C=O) groups excluding carboxylic acids is 3. The van der Waals surface area contributed by atoms with E-state index in [2.05, 4.69) is 0 Å². The number of carbonyl (C=O) groups is 3. The van der Waals surface area contributed by atoms with E-state index in [-0.39, 0.29) is 12.3 Å². The van der Waals surface area contributed by atoms with Crippen LogP contribution < -0.4 is 10.9 Å². The van der Waals surface area contributed by atoms with Crippen molar-refractivity contribution in [2.45, 2.75) is 18.8 Å². The predicted octanol–water partition coefficient (Wildman–Crippen LogP) is 0.826. The van der Waals surface area contributed by atoms with Crippen molar-refractivity contribution in [1.82, 2.24) is 15.8 Å². The van der Waals surface area contributed by atoms with Gasteiger partial charge in [-0.2, -0.15) is 8.78 Å². The molecule has 1 heterocycles. The minimum Gasteiger partial charge on any atom is -0.333 e. The first kappa shape index (κ1) is 17.7. The van der Waals surface area contributed by atoms with Crippen LogP contribution in [0.25, 0.3) is 0 Å². The molecule has 0 bridgehead atoms. The number of hydrogen-bond donors (Lipinski definition) is 2. The predicted molar refractivity (Wildman–Crippen MR) is 72.4 cm³/mol. The van der Waals surface area contributed by atoms with Gasteiger partial charge in [-0.1, -0.05) is 6.07 Å². The van der Waals surface area contributed by atoms with Crippen LogP contribution in [0.2, 0.25) is 0 Å². The third-order valence-corrected chi connectivity index (χ3v) is 3.38. The highest BCUT2D eigenvalue weighted by atomic mass is 19.3. The number of likely N-dealkylation sites (tertiary alicyclic amines) is 1. The van der Waals surface area contributed by atoms with Gasteiger partial charge in [-0.05, 0) is 18.6 Å². The van der Waals surface area contributed by atoms with Crippen LogP contribution in [0.5, 0.6) is 0 Å². The molecule has 24 heavy (non-hydrogen) atoms. The molecule has 6 nitrogen and oxygen atoms in total. The van der Waals surface area contributed by atoms with Gasteiger partial charge < -0.3 is 4.90 Å². The Balaban J connectivity index is 1.98. The first-order valence-electron chi connectivity index (χ1n) is 6.93. The quantitative estimate of drug-likeness (QED) is 0.625. The van der Waals surface area contributed by atoms with Crippen LogP contribution in [0.3, 0.4) is 0 Å². The first-order valence-corrected chi connectivity index (χ1v) is 6.93. The SMILES string of the molecule is O=C(CN1CCCC1=O)NNC(=O)C(F)(F)c1c(F)cccc1F. The molecule has 0 saturated carbocycles. The lowest BCUT2D eigenvalue weighted by molar-refractivity contribution is -0.150. The second-order valence-electron chi connectivity index (χ2n) is 5.09. The normalized spacial score (nSPS) is 14.7. The van der Waals surface area contributed by atoms with Gasteiger partial charge in [0.2, 0.25) is 5.91 Å². The summed E-state index contributed by atoms with van der Waals surface area (Å²) in [5.41, 5.74) is 1.38. The molecular formula is C14H13F4N3O3. The van der Waals surface area contributed by atoms with E-state index in [1.54, 1.807) is 5.43 Å². The Bertz CT molecular complexity index is 661. The summed E-state index contributed by atoms with van der Waals surface area (Å²) in [4.78, 5) is 35.5. The summed E-state index contributed by atoms with van der Waals surface area (Å²) in [6.45, 7) is -0.0739. The second-order valence-corrected chi connectivity index (χ2v) is 5.09. The summed E-state index contributed by atoms with van der Waals surface area (Å²) in [6.07, 6.45) is 0.855. The van der Waals surface area contributed by atoms with E-state index in [1.165, 1.54) is 10.3 Å². The molecule has 130 valence electrons. The van der Waals surface area contributed by atoms with Crippen molar-refractivity contribution in [2.24, 2.45) is 0 Å². The Morgan fingerprint density at radius 1 is 1.17 bits per heavy atom. The monoisotopic (exact) mass is 347 g/mol. The number of nitrogens with zero attached hydrogens (tertiary/aromatic N) is 1. The Morgan fingerprint density at radius 2 is 1.79 bits per heavy atom. The fourth-order valence-electron chi connectivity index (χ4n) is 2.20. The van der Waals surface area contributed by atoms with Gasteiger partial charge in [0, 0.05) is 13.0 Å². The molecule has 1 aliphatic rings. The van der Waals surface area contributed by atoms with Crippen LogP contribution in [-0.2, 0) is 20.3 Å². The van der Waals surface area contributed by atoms with Crippen LogP contribution in [0.1, 0.15) is 18.4 Å². The molecule has 1 aromatic carbocycles. The molecule has 1 fully saturated rings. The third kappa shape index (κ3) is 3.63. The number of alkyl halides is 2. The maximum Gasteiger partial charge on any atom is 0.357 e. The Morgan fingerprint density at radius 3 is 2.33 bits per heavy atom. The summed E-state index contributed by atoms with van der Waals surface area (Å²) >= 11 is 0. The first-order chi connectivity index (χ1) is 11.2. The Kier molecular flexibility index (Phi) is 5.05. The Hall–Kier alpha value is -2.65. The minimum atomic E-state index is -4.54. The minimum absolute atomic E-state index is 0.268. The number of hydrazine groups is 1. The van der Waals surface area contributed by atoms with Gasteiger partial charge in [0.1, 0.15) is 23.7 Å². The zero-order valence-electron chi connectivity index (χ0n) is 12.2. The van der Waals surface area contributed by atoms with Gasteiger partial charge in [-0.3, -0.25) is 25.2 Å². The molecule has 10 heteroatoms. The molecule has 0 aliphatic carbocycles. The molecule has 1 saturated heterocycles. The molecule has 1 aliphatic heterocycles. The Labute approximate surface area is 133 Å². The fraction of sp³-hybridized carbons (Fsp3) is 0.357. The number of rotatable bonds is 4. The van der Waals surface area contributed by atoms with E-state index in [4.69, 9.17) is 0 Å². The van der Waals surface area contributed by atoms with Crippen LogP contribution in [0, 0.1) is 11.6 Å². The molecule has 2 N–H and O–H groups in total. The van der Waals surface area contributed by atoms with Gasteiger partial charge in [0.05, 0.1) is 0 Å². The number of benzene rings is 1. The van der Waals surface area contributed by atoms with E-state index < -0.39 is 41.5 Å². The molecule has 0 aromatic heterocycles. The molecular weight excluding hydrogens is 334 g/mol. The highest BCUT2D eigenvalue weighted by Gasteiger charge is 2.45. The van der Waals surface area contributed by atoms with Crippen LogP contribution in [0.4, 0.5) is 17.6 Å². The smallest absolute Gasteiger partial charge is 0.333 e. The van der Waals surface area contributed by atoms with Crippen molar-refractivity contribution in [3.63, 3.8) is 0 Å².